The van der Waals surface area contributed by atoms with Crippen molar-refractivity contribution in [2.24, 2.45) is 7.05 Å². The van der Waals surface area contributed by atoms with Crippen LogP contribution < -0.4 is 10.3 Å². The van der Waals surface area contributed by atoms with Crippen LogP contribution in [-0.4, -0.2) is 18.0 Å². The number of hydrogen-bond acceptors (Lipinski definition) is 5. The van der Waals surface area contributed by atoms with Crippen LogP contribution in [0.4, 0.5) is 5.69 Å². The van der Waals surface area contributed by atoms with Gasteiger partial charge in [0.15, 0.2) is 0 Å². The highest BCUT2D eigenvalue weighted by atomic mass is 32.2. The molecule has 1 N–H and O–H groups in total. The summed E-state index contributed by atoms with van der Waals surface area (Å²) in [5.41, 5.74) is 2.95. The Hall–Kier alpha value is -3.96. The van der Waals surface area contributed by atoms with Crippen molar-refractivity contribution >= 4 is 26.7 Å². The molecule has 0 bridgehead atoms. The van der Waals surface area contributed by atoms with E-state index in [-0.39, 0.29) is 10.5 Å². The number of aryl methyl sites for hydroxylation is 1. The first-order chi connectivity index (χ1) is 14.9. The number of nitrogens with zero attached hydrogens (tertiary/aromatic N) is 3. The summed E-state index contributed by atoms with van der Waals surface area (Å²) in [7, 11) is -2.08. The summed E-state index contributed by atoms with van der Waals surface area (Å²) >= 11 is 0. The Bertz CT molecular complexity index is 1470. The van der Waals surface area contributed by atoms with Crippen LogP contribution in [0, 0.1) is 11.3 Å². The van der Waals surface area contributed by atoms with E-state index in [2.05, 4.69) is 15.8 Å². The van der Waals surface area contributed by atoms with E-state index in [0.29, 0.717) is 34.4 Å². The van der Waals surface area contributed by atoms with Crippen molar-refractivity contribution in [1.82, 2.24) is 9.55 Å². The quantitative estimate of drug-likeness (QED) is 0.524. The molecule has 0 radical (unpaired) electrons. The van der Waals surface area contributed by atoms with Gasteiger partial charge >= 0.3 is 0 Å². The van der Waals surface area contributed by atoms with Gasteiger partial charge in [-0.25, -0.2) is 13.4 Å². The van der Waals surface area contributed by atoms with Gasteiger partial charge in [-0.2, -0.15) is 5.26 Å². The lowest BCUT2D eigenvalue weighted by Gasteiger charge is -2.11. The lowest BCUT2D eigenvalue weighted by molar-refractivity contribution is 0.601. The molecule has 31 heavy (non-hydrogen) atoms. The van der Waals surface area contributed by atoms with E-state index >= 15 is 0 Å². The van der Waals surface area contributed by atoms with E-state index in [1.807, 2.05) is 0 Å². The van der Waals surface area contributed by atoms with Gasteiger partial charge < -0.3 is 4.57 Å². The van der Waals surface area contributed by atoms with Gasteiger partial charge in [-0.05, 0) is 48.0 Å². The normalized spacial score (nSPS) is 11.2. The summed E-state index contributed by atoms with van der Waals surface area (Å²) in [6, 6.07) is 22.0. The molecule has 8 heteroatoms. The van der Waals surface area contributed by atoms with Gasteiger partial charge in [0.05, 0.1) is 33.2 Å². The maximum atomic E-state index is 12.7. The average molecular weight is 430 g/mol. The van der Waals surface area contributed by atoms with Gasteiger partial charge in [-0.1, -0.05) is 30.3 Å². The highest BCUT2D eigenvalue weighted by molar-refractivity contribution is 7.92. The Morgan fingerprint density at radius 1 is 1.03 bits per heavy atom. The first kappa shape index (κ1) is 20.3. The molecule has 0 unspecified atom stereocenters. The zero-order valence-corrected chi connectivity index (χ0v) is 17.4. The molecule has 0 saturated carbocycles. The van der Waals surface area contributed by atoms with Crippen LogP contribution in [0.3, 0.4) is 0 Å². The third-order valence-electron chi connectivity index (χ3n) is 4.90. The second-order valence-electron chi connectivity index (χ2n) is 7.03. The van der Waals surface area contributed by atoms with Crippen molar-refractivity contribution in [3.8, 4) is 6.07 Å². The summed E-state index contributed by atoms with van der Waals surface area (Å²) < 4.78 is 29.3. The summed E-state index contributed by atoms with van der Waals surface area (Å²) in [6.07, 6.45) is 0.300. The van der Waals surface area contributed by atoms with E-state index in [9.17, 15) is 13.2 Å². The van der Waals surface area contributed by atoms with Crippen LogP contribution >= 0.6 is 0 Å². The van der Waals surface area contributed by atoms with Crippen LogP contribution in [0.1, 0.15) is 16.8 Å². The minimum Gasteiger partial charge on any atom is -0.308 e. The molecule has 154 valence electrons. The largest absolute Gasteiger partial charge is 0.308 e. The van der Waals surface area contributed by atoms with Crippen LogP contribution in [0.15, 0.2) is 82.5 Å². The maximum Gasteiger partial charge on any atom is 0.272 e. The molecule has 0 saturated heterocycles. The highest BCUT2D eigenvalue weighted by Gasteiger charge is 2.15. The number of nitriles is 1. The standard InChI is InChI=1S/C23H18N4O3S/c1-27-22-12-11-18(26-31(29,30)19-5-3-2-4-6-19)14-20(22)25-21(23(27)28)13-16-7-9-17(15-24)10-8-16/h2-12,14,26H,13H2,1H3. The molecule has 0 spiro atoms. The van der Waals surface area contributed by atoms with Crippen LogP contribution in [-0.2, 0) is 23.5 Å². The fraction of sp³-hybridized carbons (Fsp3) is 0.0870. The number of hydrogen-bond donors (Lipinski definition) is 1. The Balaban J connectivity index is 1.71. The zero-order chi connectivity index (χ0) is 22.0. The second-order valence-corrected chi connectivity index (χ2v) is 8.71. The van der Waals surface area contributed by atoms with Crippen molar-refractivity contribution in [2.45, 2.75) is 11.3 Å². The second kappa shape index (κ2) is 8.05. The lowest BCUT2D eigenvalue weighted by Crippen LogP contribution is -2.23. The fourth-order valence-electron chi connectivity index (χ4n) is 3.28. The van der Waals surface area contributed by atoms with Crippen molar-refractivity contribution in [2.75, 3.05) is 4.72 Å². The molecular formula is C23H18N4O3S. The van der Waals surface area contributed by atoms with Crippen molar-refractivity contribution in [3.63, 3.8) is 0 Å². The van der Waals surface area contributed by atoms with E-state index < -0.39 is 10.0 Å². The number of anilines is 1. The van der Waals surface area contributed by atoms with Crippen LogP contribution in [0.25, 0.3) is 11.0 Å². The van der Waals surface area contributed by atoms with E-state index in [1.165, 1.54) is 16.7 Å². The molecule has 1 aromatic heterocycles. The Labute approximate surface area is 179 Å². The molecule has 0 fully saturated rings. The number of sulfonamides is 1. The minimum absolute atomic E-state index is 0.157. The molecule has 7 nitrogen and oxygen atoms in total. The number of fused-ring (bicyclic) bond motifs is 1. The molecule has 4 aromatic rings. The minimum atomic E-state index is -3.74. The Morgan fingerprint density at radius 2 is 1.74 bits per heavy atom. The van der Waals surface area contributed by atoms with Gasteiger partial charge in [-0.3, -0.25) is 9.52 Å². The molecule has 0 atom stereocenters. The predicted octanol–water partition coefficient (Wildman–Crippen LogP) is 3.20. The number of nitrogens with one attached hydrogen (secondary N) is 1. The fourth-order valence-corrected chi connectivity index (χ4v) is 4.35. The molecule has 0 aliphatic rings. The smallest absolute Gasteiger partial charge is 0.272 e. The Kier molecular flexibility index (Phi) is 5.28. The third-order valence-corrected chi connectivity index (χ3v) is 6.30. The molecule has 1 heterocycles. The summed E-state index contributed by atoms with van der Waals surface area (Å²) in [5.74, 6) is 0. The van der Waals surface area contributed by atoms with E-state index in [0.717, 1.165) is 5.56 Å². The molecule has 0 aliphatic heterocycles. The van der Waals surface area contributed by atoms with Gasteiger partial charge in [0.25, 0.3) is 15.6 Å². The van der Waals surface area contributed by atoms with Gasteiger partial charge in [-0.15, -0.1) is 0 Å². The first-order valence-electron chi connectivity index (χ1n) is 9.44. The van der Waals surface area contributed by atoms with Gasteiger partial charge in [0.2, 0.25) is 0 Å². The van der Waals surface area contributed by atoms with Crippen LogP contribution in [0.5, 0.6) is 0 Å². The Morgan fingerprint density at radius 3 is 2.42 bits per heavy atom. The molecule has 0 amide bonds. The van der Waals surface area contributed by atoms with Gasteiger partial charge in [0.1, 0.15) is 5.69 Å². The summed E-state index contributed by atoms with van der Waals surface area (Å²) in [6.45, 7) is 0. The molecule has 0 aliphatic carbocycles. The predicted molar refractivity (Wildman–Crippen MR) is 118 cm³/mol. The highest BCUT2D eigenvalue weighted by Crippen LogP contribution is 2.20. The monoisotopic (exact) mass is 430 g/mol. The lowest BCUT2D eigenvalue weighted by atomic mass is 10.1. The number of aromatic nitrogens is 2. The summed E-state index contributed by atoms with van der Waals surface area (Å²) in [4.78, 5) is 17.4. The van der Waals surface area contributed by atoms with Crippen molar-refractivity contribution in [1.29, 1.82) is 5.26 Å². The molecule has 4 rings (SSSR count). The van der Waals surface area contributed by atoms with Gasteiger partial charge in [0, 0.05) is 13.5 Å². The zero-order valence-electron chi connectivity index (χ0n) is 16.6. The van der Waals surface area contributed by atoms with Crippen LogP contribution in [0.2, 0.25) is 0 Å². The number of rotatable bonds is 5. The SMILES string of the molecule is Cn1c(=O)c(Cc2ccc(C#N)cc2)nc2cc(NS(=O)(=O)c3ccccc3)ccc21. The number of benzene rings is 3. The average Bonchev–Trinajstić information content (AvgIpc) is 2.78. The third kappa shape index (κ3) is 4.17. The maximum absolute atomic E-state index is 12.7. The van der Waals surface area contributed by atoms with Crippen molar-refractivity contribution in [3.05, 3.63) is 100.0 Å². The molecule has 3 aromatic carbocycles. The van der Waals surface area contributed by atoms with Crippen molar-refractivity contribution < 1.29 is 8.42 Å². The summed E-state index contributed by atoms with van der Waals surface area (Å²) in [5, 5.41) is 8.93. The topological polar surface area (TPSA) is 105 Å². The molecular weight excluding hydrogens is 412 g/mol. The van der Waals surface area contributed by atoms with E-state index in [4.69, 9.17) is 5.26 Å². The van der Waals surface area contributed by atoms with E-state index in [1.54, 1.807) is 67.7 Å². The first-order valence-corrected chi connectivity index (χ1v) is 10.9.